The van der Waals surface area contributed by atoms with Crippen LogP contribution in [0.2, 0.25) is 0 Å². The zero-order valence-corrected chi connectivity index (χ0v) is 19.0. The Kier molecular flexibility index (Phi) is 6.08. The first-order valence-electron chi connectivity index (χ1n) is 10.5. The Labute approximate surface area is 189 Å². The Morgan fingerprint density at radius 1 is 1.13 bits per heavy atom. The second kappa shape index (κ2) is 9.28. The second-order valence-electron chi connectivity index (χ2n) is 7.58. The maximum atomic E-state index is 5.65. The van der Waals surface area contributed by atoms with Crippen LogP contribution < -0.4 is 4.74 Å². The van der Waals surface area contributed by atoms with Crippen molar-refractivity contribution >= 4 is 23.1 Å². The highest BCUT2D eigenvalue weighted by molar-refractivity contribution is 7.98. The molecule has 0 spiro atoms. The van der Waals surface area contributed by atoms with E-state index in [1.54, 1.807) is 36.5 Å². The lowest BCUT2D eigenvalue weighted by Crippen LogP contribution is -2.15. The highest BCUT2D eigenvalue weighted by atomic mass is 32.2. The molecule has 8 heteroatoms. The normalized spacial score (nSPS) is 14.7. The summed E-state index contributed by atoms with van der Waals surface area (Å²) in [5, 5.41) is 13.0. The minimum absolute atomic E-state index is 0.422. The van der Waals surface area contributed by atoms with Crippen LogP contribution in [-0.4, -0.2) is 26.9 Å². The Morgan fingerprint density at radius 2 is 2.00 bits per heavy atom. The number of hydrogen-bond acceptors (Lipinski definition) is 7. The van der Waals surface area contributed by atoms with Crippen molar-refractivity contribution in [2.24, 2.45) is 0 Å². The van der Waals surface area contributed by atoms with Gasteiger partial charge in [0.05, 0.1) is 24.6 Å². The number of methoxy groups -OCH3 is 1. The maximum Gasteiger partial charge on any atom is 0.200 e. The van der Waals surface area contributed by atoms with Gasteiger partial charge >= 0.3 is 0 Å². The smallest absolute Gasteiger partial charge is 0.200 e. The third-order valence-electron chi connectivity index (χ3n) is 5.58. The molecule has 1 aliphatic rings. The standard InChI is InChI=1S/C23H24N4O2S2/c1-28-19-11-6-5-10-18(19)22-24-16(14-30-22)15-31-23-26-25-21(20-12-7-13-29-20)27(23)17-8-3-2-4-9-17/h5-7,10-14,17H,2-4,8-9,15H2,1H3. The number of thioether (sulfide) groups is 1. The average Bonchev–Trinajstić information content (AvgIpc) is 3.58. The Hall–Kier alpha value is -2.58. The van der Waals surface area contributed by atoms with Crippen molar-refractivity contribution in [3.05, 3.63) is 53.7 Å². The number of hydrogen-bond donors (Lipinski definition) is 0. The van der Waals surface area contributed by atoms with Crippen LogP contribution in [0, 0.1) is 0 Å². The Morgan fingerprint density at radius 3 is 2.81 bits per heavy atom. The predicted molar refractivity (Wildman–Crippen MR) is 124 cm³/mol. The summed E-state index contributed by atoms with van der Waals surface area (Å²) in [6.07, 6.45) is 7.82. The fraction of sp³-hybridized carbons (Fsp3) is 0.348. The van der Waals surface area contributed by atoms with Crippen molar-refractivity contribution in [1.29, 1.82) is 0 Å². The molecule has 160 valence electrons. The molecule has 1 aliphatic carbocycles. The fourth-order valence-corrected chi connectivity index (χ4v) is 5.93. The molecule has 0 amide bonds. The lowest BCUT2D eigenvalue weighted by Gasteiger charge is -2.25. The van der Waals surface area contributed by atoms with E-state index in [1.807, 2.05) is 36.4 Å². The van der Waals surface area contributed by atoms with Crippen LogP contribution >= 0.6 is 23.1 Å². The number of furan rings is 1. The van der Waals surface area contributed by atoms with Gasteiger partial charge < -0.3 is 9.15 Å². The average molecular weight is 453 g/mol. The van der Waals surface area contributed by atoms with Crippen LogP contribution in [0.1, 0.15) is 43.8 Å². The molecule has 0 unspecified atom stereocenters. The van der Waals surface area contributed by atoms with Crippen molar-refractivity contribution in [3.8, 4) is 27.9 Å². The third-order valence-corrected chi connectivity index (χ3v) is 7.49. The lowest BCUT2D eigenvalue weighted by molar-refractivity contribution is 0.337. The Balaban J connectivity index is 1.38. The molecule has 3 heterocycles. The summed E-state index contributed by atoms with van der Waals surface area (Å²) in [7, 11) is 1.69. The van der Waals surface area contributed by atoms with Gasteiger partial charge in [-0.1, -0.05) is 43.2 Å². The molecule has 0 aliphatic heterocycles. The highest BCUT2D eigenvalue weighted by Crippen LogP contribution is 2.37. The Bertz CT molecular complexity index is 1130. The van der Waals surface area contributed by atoms with Gasteiger partial charge in [-0.25, -0.2) is 4.98 Å². The van der Waals surface area contributed by atoms with E-state index < -0.39 is 0 Å². The number of benzene rings is 1. The number of rotatable bonds is 7. The van der Waals surface area contributed by atoms with Crippen molar-refractivity contribution in [2.75, 3.05) is 7.11 Å². The summed E-state index contributed by atoms with van der Waals surface area (Å²) in [6.45, 7) is 0. The first kappa shape index (κ1) is 20.3. The van der Waals surface area contributed by atoms with Gasteiger partial charge in [0.25, 0.3) is 0 Å². The zero-order chi connectivity index (χ0) is 21.0. The molecule has 1 fully saturated rings. The van der Waals surface area contributed by atoms with E-state index in [0.29, 0.717) is 6.04 Å². The quantitative estimate of drug-likeness (QED) is 0.300. The van der Waals surface area contributed by atoms with Crippen molar-refractivity contribution < 1.29 is 9.15 Å². The summed E-state index contributed by atoms with van der Waals surface area (Å²) in [6, 6.07) is 12.3. The van der Waals surface area contributed by atoms with Crippen molar-refractivity contribution in [3.63, 3.8) is 0 Å². The van der Waals surface area contributed by atoms with E-state index in [2.05, 4.69) is 20.1 Å². The number of para-hydroxylation sites is 1. The monoisotopic (exact) mass is 452 g/mol. The van der Waals surface area contributed by atoms with Crippen LogP contribution in [0.3, 0.4) is 0 Å². The van der Waals surface area contributed by atoms with Gasteiger partial charge in [0.15, 0.2) is 10.9 Å². The lowest BCUT2D eigenvalue weighted by atomic mass is 9.95. The molecule has 0 atom stereocenters. The summed E-state index contributed by atoms with van der Waals surface area (Å²) < 4.78 is 13.4. The molecule has 0 N–H and O–H groups in total. The summed E-state index contributed by atoms with van der Waals surface area (Å²) in [5.74, 6) is 3.19. The zero-order valence-electron chi connectivity index (χ0n) is 17.4. The molecule has 3 aromatic heterocycles. The molecular formula is C23H24N4O2S2. The molecule has 0 radical (unpaired) electrons. The maximum absolute atomic E-state index is 5.65. The SMILES string of the molecule is COc1ccccc1-c1nc(CSc2nnc(-c3ccco3)n2C2CCCCC2)cs1. The first-order valence-corrected chi connectivity index (χ1v) is 12.4. The molecule has 1 saturated carbocycles. The number of thiazole rings is 1. The minimum atomic E-state index is 0.422. The number of aromatic nitrogens is 4. The van der Waals surface area contributed by atoms with Gasteiger partial charge in [0, 0.05) is 17.2 Å². The molecular weight excluding hydrogens is 428 g/mol. The van der Waals surface area contributed by atoms with Gasteiger partial charge in [-0.15, -0.1) is 21.5 Å². The molecule has 0 bridgehead atoms. The molecule has 31 heavy (non-hydrogen) atoms. The van der Waals surface area contributed by atoms with E-state index in [-0.39, 0.29) is 0 Å². The van der Waals surface area contributed by atoms with Gasteiger partial charge in [-0.3, -0.25) is 4.57 Å². The third kappa shape index (κ3) is 4.27. The van der Waals surface area contributed by atoms with Crippen molar-refractivity contribution in [1.82, 2.24) is 19.7 Å². The van der Waals surface area contributed by atoms with E-state index in [0.717, 1.165) is 57.4 Å². The summed E-state index contributed by atoms with van der Waals surface area (Å²) in [5.41, 5.74) is 2.06. The van der Waals surface area contributed by atoms with E-state index in [4.69, 9.17) is 14.1 Å². The van der Waals surface area contributed by atoms with Gasteiger partial charge in [-0.05, 0) is 37.1 Å². The van der Waals surface area contributed by atoms with E-state index in [9.17, 15) is 0 Å². The van der Waals surface area contributed by atoms with Crippen LogP contribution in [0.4, 0.5) is 0 Å². The van der Waals surface area contributed by atoms with Crippen molar-refractivity contribution in [2.45, 2.75) is 49.1 Å². The topological polar surface area (TPSA) is 66.0 Å². The summed E-state index contributed by atoms with van der Waals surface area (Å²) in [4.78, 5) is 4.84. The van der Waals surface area contributed by atoms with Crippen LogP contribution in [0.25, 0.3) is 22.2 Å². The molecule has 6 nitrogen and oxygen atoms in total. The predicted octanol–water partition coefficient (Wildman–Crippen LogP) is 6.47. The van der Waals surface area contributed by atoms with Crippen LogP contribution in [0.5, 0.6) is 5.75 Å². The second-order valence-corrected chi connectivity index (χ2v) is 9.38. The van der Waals surface area contributed by atoms with E-state index in [1.165, 1.54) is 19.3 Å². The minimum Gasteiger partial charge on any atom is -0.496 e. The van der Waals surface area contributed by atoms with Crippen LogP contribution in [0.15, 0.2) is 57.6 Å². The number of nitrogens with zero attached hydrogens (tertiary/aromatic N) is 4. The summed E-state index contributed by atoms with van der Waals surface area (Å²) >= 11 is 3.33. The number of ether oxygens (including phenoxy) is 1. The fourth-order valence-electron chi connectivity index (χ4n) is 4.07. The highest BCUT2D eigenvalue weighted by Gasteiger charge is 2.25. The molecule has 1 aromatic carbocycles. The van der Waals surface area contributed by atoms with Gasteiger partial charge in [-0.2, -0.15) is 0 Å². The molecule has 5 rings (SSSR count). The first-order chi connectivity index (χ1) is 15.3. The molecule has 0 saturated heterocycles. The molecule has 4 aromatic rings. The van der Waals surface area contributed by atoms with E-state index >= 15 is 0 Å². The largest absolute Gasteiger partial charge is 0.496 e. The van der Waals surface area contributed by atoms with Gasteiger partial charge in [0.2, 0.25) is 5.82 Å². The van der Waals surface area contributed by atoms with Crippen LogP contribution in [-0.2, 0) is 5.75 Å². The van der Waals surface area contributed by atoms with Gasteiger partial charge in [0.1, 0.15) is 10.8 Å².